The van der Waals surface area contributed by atoms with Crippen LogP contribution in [0.15, 0.2) is 54.7 Å². The van der Waals surface area contributed by atoms with Gasteiger partial charge in [0.15, 0.2) is 0 Å². The summed E-state index contributed by atoms with van der Waals surface area (Å²) in [6.45, 7) is 11.3. The highest BCUT2D eigenvalue weighted by Gasteiger charge is 2.36. The fourth-order valence-electron chi connectivity index (χ4n) is 7.63. The Morgan fingerprint density at radius 3 is 1.67 bits per heavy atom. The van der Waals surface area contributed by atoms with Crippen molar-refractivity contribution in [1.29, 1.82) is 0 Å². The number of rotatable bonds is 29. The van der Waals surface area contributed by atoms with Crippen LogP contribution in [0.25, 0.3) is 10.9 Å². The fourth-order valence-corrected chi connectivity index (χ4v) is 7.63. The van der Waals surface area contributed by atoms with Gasteiger partial charge in [0.1, 0.15) is 54.1 Å². The number of hydrogen-bond donors (Lipinski definition) is 14. The summed E-state index contributed by atoms with van der Waals surface area (Å²) in [5.74, 6) is -9.68. The van der Waals surface area contributed by atoms with E-state index in [4.69, 9.17) is 5.73 Å². The molecule has 3 aromatic rings. The number of phenols is 1. The lowest BCUT2D eigenvalue weighted by Crippen LogP contribution is -2.61. The average molecular weight is 1020 g/mol. The summed E-state index contributed by atoms with van der Waals surface area (Å²) in [4.78, 5) is 124. The third-order valence-corrected chi connectivity index (χ3v) is 12.1. The fraction of sp³-hybridized carbons (Fsp3) is 0.540. The van der Waals surface area contributed by atoms with Crippen LogP contribution < -0.4 is 48.3 Å². The Balaban J connectivity index is 1.84. The Morgan fingerprint density at radius 2 is 1.11 bits per heavy atom. The van der Waals surface area contributed by atoms with Crippen LogP contribution >= 0.6 is 0 Å². The van der Waals surface area contributed by atoms with Crippen LogP contribution in [-0.4, -0.2) is 147 Å². The second-order valence-electron chi connectivity index (χ2n) is 19.2. The molecule has 2 aromatic carbocycles. The van der Waals surface area contributed by atoms with Crippen molar-refractivity contribution in [2.24, 2.45) is 29.4 Å². The smallest absolute Gasteiger partial charge is 0.326 e. The summed E-state index contributed by atoms with van der Waals surface area (Å²) in [7, 11) is 0. The summed E-state index contributed by atoms with van der Waals surface area (Å²) < 4.78 is 0. The number of para-hydroxylation sites is 1. The summed E-state index contributed by atoms with van der Waals surface area (Å²) in [6, 6.07) is 2.46. The maximum Gasteiger partial charge on any atom is 0.326 e. The Hall–Kier alpha value is -7.11. The number of aromatic hydroxyl groups is 1. The molecule has 0 saturated carbocycles. The van der Waals surface area contributed by atoms with Gasteiger partial charge in [-0.2, -0.15) is 0 Å². The maximum absolute atomic E-state index is 14.5. The Labute approximate surface area is 424 Å². The topological polar surface area (TPSA) is 373 Å². The van der Waals surface area contributed by atoms with E-state index in [9.17, 15) is 63.6 Å². The SMILES string of the molecule is CC[C@H](C)[C@H](NC(=O)[C@@H](NC(=O)[C@H](CO)NC(=O)[C@@H](N)CO)C(C)C)C(=O)NCC(=O)N[C@H](C(=O)N[C@@H](Cc1c[nH]c2ccccc12)C(=O)N[C@@H](Cc1ccc(O)cc1)C(=O)N[C@@H](CC(C)C)C(=O)O)C(C)C. The molecule has 0 spiro atoms. The summed E-state index contributed by atoms with van der Waals surface area (Å²) >= 11 is 0. The van der Waals surface area contributed by atoms with Crippen molar-refractivity contribution in [2.45, 2.75) is 129 Å². The number of nitrogens with two attached hydrogens (primary N) is 1. The number of H-pyrrole nitrogens is 1. The molecule has 0 unspecified atom stereocenters. The van der Waals surface area contributed by atoms with E-state index in [1.807, 2.05) is 18.2 Å². The second-order valence-corrected chi connectivity index (χ2v) is 19.2. The van der Waals surface area contributed by atoms with Gasteiger partial charge < -0.3 is 73.7 Å². The Kier molecular flexibility index (Phi) is 23.8. The van der Waals surface area contributed by atoms with Crippen molar-refractivity contribution < 1.29 is 63.6 Å². The Bertz CT molecular complexity index is 2370. The molecule has 0 bridgehead atoms. The van der Waals surface area contributed by atoms with Gasteiger partial charge in [-0.15, -0.1) is 0 Å². The van der Waals surface area contributed by atoms with Crippen molar-refractivity contribution in [1.82, 2.24) is 47.5 Å². The molecule has 0 saturated heterocycles. The minimum Gasteiger partial charge on any atom is -0.508 e. The van der Waals surface area contributed by atoms with E-state index < -0.39 is 139 Å². The molecule has 23 nitrogen and oxygen atoms in total. The number of aliphatic carboxylic acids is 1. The van der Waals surface area contributed by atoms with Crippen LogP contribution in [0.2, 0.25) is 0 Å². The number of carboxylic acids is 1. The van der Waals surface area contributed by atoms with Crippen LogP contribution in [0, 0.1) is 23.7 Å². The third kappa shape index (κ3) is 18.5. The number of nitrogens with one attached hydrogen (secondary N) is 9. The van der Waals surface area contributed by atoms with Crippen LogP contribution in [0.1, 0.15) is 79.4 Å². The molecular formula is C50H74N10O13. The largest absolute Gasteiger partial charge is 0.508 e. The van der Waals surface area contributed by atoms with E-state index in [0.29, 0.717) is 17.5 Å². The molecule has 0 aliphatic rings. The molecule has 0 radical (unpaired) electrons. The van der Waals surface area contributed by atoms with E-state index in [1.54, 1.807) is 79.8 Å². The van der Waals surface area contributed by atoms with E-state index in [-0.39, 0.29) is 30.9 Å². The number of aromatic nitrogens is 1. The van der Waals surface area contributed by atoms with Gasteiger partial charge in [-0.3, -0.25) is 38.4 Å². The molecule has 0 aliphatic heterocycles. The molecule has 0 fully saturated rings. The molecule has 8 amide bonds. The second kappa shape index (κ2) is 28.8. The lowest BCUT2D eigenvalue weighted by Gasteiger charge is -2.29. The number of aromatic amines is 1. The maximum atomic E-state index is 14.5. The molecular weight excluding hydrogens is 949 g/mol. The number of carbonyl (C=O) groups is 9. The summed E-state index contributed by atoms with van der Waals surface area (Å²) in [6.07, 6.45) is 1.94. The van der Waals surface area contributed by atoms with Crippen LogP contribution in [0.4, 0.5) is 0 Å². The van der Waals surface area contributed by atoms with Crippen molar-refractivity contribution in [3.05, 3.63) is 65.9 Å². The third-order valence-electron chi connectivity index (χ3n) is 12.1. The van der Waals surface area contributed by atoms with Crippen LogP contribution in [0.5, 0.6) is 5.75 Å². The van der Waals surface area contributed by atoms with Crippen LogP contribution in [-0.2, 0) is 56.0 Å². The number of fused-ring (bicyclic) bond motifs is 1. The standard InChI is InChI=1S/C50H74N10O13/c1-9-28(8)42(60-49(71)41(27(6)7)59-46(68)38(24-62)57-43(65)33(51)23-61)47(69)53-22-39(64)58-40(26(4)5)48(70)55-36(20-30-21-52-34-13-11-10-12-32(30)34)45(67)54-35(19-29-14-16-31(63)17-15-29)44(66)56-37(50(72)73)18-25(2)3/h10-17,21,25-28,33,35-38,40-42,52,61-63H,9,18-20,22-24,51H2,1-8H3,(H,53,69)(H,54,67)(H,55,70)(H,56,66)(H,57,65)(H,58,64)(H,59,68)(H,60,71)(H,72,73)/t28-,33-,35-,36-,37-,38-,40-,41-,42-/m0/s1. The molecule has 3 rings (SSSR count). The van der Waals surface area contributed by atoms with Gasteiger partial charge in [-0.25, -0.2) is 4.79 Å². The number of aliphatic hydroxyl groups excluding tert-OH is 2. The Morgan fingerprint density at radius 1 is 0.589 bits per heavy atom. The molecule has 15 N–H and O–H groups in total. The monoisotopic (exact) mass is 1020 g/mol. The first-order valence-electron chi connectivity index (χ1n) is 24.3. The number of carbonyl (C=O) groups excluding carboxylic acids is 8. The normalized spacial score (nSPS) is 15.1. The van der Waals surface area contributed by atoms with E-state index in [2.05, 4.69) is 47.5 Å². The van der Waals surface area contributed by atoms with Gasteiger partial charge >= 0.3 is 5.97 Å². The first-order chi connectivity index (χ1) is 34.4. The van der Waals surface area contributed by atoms with E-state index in [1.165, 1.54) is 12.1 Å². The number of benzene rings is 2. The molecule has 1 heterocycles. The number of amides is 8. The zero-order chi connectivity index (χ0) is 54.7. The van der Waals surface area contributed by atoms with Gasteiger partial charge in [-0.05, 0) is 59.4 Å². The van der Waals surface area contributed by atoms with Gasteiger partial charge in [0.25, 0.3) is 0 Å². The average Bonchev–Trinajstić information content (AvgIpc) is 3.75. The van der Waals surface area contributed by atoms with E-state index >= 15 is 0 Å². The number of hydrogen-bond acceptors (Lipinski definition) is 13. The highest BCUT2D eigenvalue weighted by atomic mass is 16.4. The van der Waals surface area contributed by atoms with Crippen molar-refractivity contribution in [2.75, 3.05) is 19.8 Å². The predicted octanol–water partition coefficient (Wildman–Crippen LogP) is -1.03. The lowest BCUT2D eigenvalue weighted by atomic mass is 9.96. The number of phenolic OH excluding ortho intramolecular Hbond substituents is 1. The molecule has 1 aromatic heterocycles. The van der Waals surface area contributed by atoms with Crippen LogP contribution in [0.3, 0.4) is 0 Å². The molecule has 402 valence electrons. The quantitative estimate of drug-likeness (QED) is 0.0396. The van der Waals surface area contributed by atoms with Crippen molar-refractivity contribution >= 4 is 64.1 Å². The van der Waals surface area contributed by atoms with Crippen molar-refractivity contribution in [3.8, 4) is 5.75 Å². The first kappa shape index (κ1) is 60.2. The molecule has 23 heteroatoms. The first-order valence-corrected chi connectivity index (χ1v) is 24.3. The van der Waals surface area contributed by atoms with Gasteiger partial charge in [0.2, 0.25) is 47.3 Å². The summed E-state index contributed by atoms with van der Waals surface area (Å²) in [5, 5.41) is 59.9. The predicted molar refractivity (Wildman–Crippen MR) is 269 cm³/mol. The number of carboxylic acid groups (broad SMARTS) is 1. The van der Waals surface area contributed by atoms with Crippen molar-refractivity contribution in [3.63, 3.8) is 0 Å². The molecule has 9 atom stereocenters. The van der Waals surface area contributed by atoms with E-state index in [0.717, 1.165) is 10.9 Å². The minimum atomic E-state index is -1.52. The van der Waals surface area contributed by atoms with Gasteiger partial charge in [0.05, 0.1) is 19.8 Å². The zero-order valence-corrected chi connectivity index (χ0v) is 42.6. The van der Waals surface area contributed by atoms with Gasteiger partial charge in [0, 0.05) is 29.9 Å². The minimum absolute atomic E-state index is 0.0432. The highest BCUT2D eigenvalue weighted by molar-refractivity contribution is 5.98. The lowest BCUT2D eigenvalue weighted by molar-refractivity contribution is -0.142. The highest BCUT2D eigenvalue weighted by Crippen LogP contribution is 2.20. The molecule has 73 heavy (non-hydrogen) atoms. The summed E-state index contributed by atoms with van der Waals surface area (Å²) in [5.41, 5.74) is 7.39. The molecule has 0 aliphatic carbocycles. The zero-order valence-electron chi connectivity index (χ0n) is 42.6. The van der Waals surface area contributed by atoms with Gasteiger partial charge in [-0.1, -0.05) is 92.1 Å². The number of aliphatic hydroxyl groups is 2.